The Morgan fingerprint density at radius 1 is 0.467 bits per heavy atom. The Morgan fingerprint density at radius 2 is 0.833 bits per heavy atom. The largest absolute Gasteiger partial charge is 0.344 e. The minimum absolute atomic E-state index is 0.956. The van der Waals surface area contributed by atoms with Crippen molar-refractivity contribution in [1.29, 1.82) is 0 Å². The first-order valence-electron chi connectivity index (χ1n) is 11.2. The minimum atomic E-state index is 0.956. The molecule has 0 saturated carbocycles. The zero-order valence-corrected chi connectivity index (χ0v) is 18.2. The van der Waals surface area contributed by atoms with Gasteiger partial charge in [-0.3, -0.25) is 0 Å². The van der Waals surface area contributed by atoms with Crippen LogP contribution in [0.3, 0.4) is 0 Å². The van der Waals surface area contributed by atoms with E-state index in [-0.39, 0.29) is 0 Å². The summed E-state index contributed by atoms with van der Waals surface area (Å²) in [5.41, 5.74) is 8.43. The van der Waals surface area contributed by atoms with Crippen LogP contribution in [0.5, 0.6) is 0 Å². The van der Waals surface area contributed by atoms with Gasteiger partial charge in [0.15, 0.2) is 0 Å². The number of rotatable bonds is 9. The lowest BCUT2D eigenvalue weighted by Gasteiger charge is -2.15. The van der Waals surface area contributed by atoms with Gasteiger partial charge < -0.3 is 9.13 Å². The van der Waals surface area contributed by atoms with E-state index in [1.165, 1.54) is 33.9 Å². The summed E-state index contributed by atoms with van der Waals surface area (Å²) in [4.78, 5) is 0. The number of hydrogen-bond donors (Lipinski definition) is 0. The van der Waals surface area contributed by atoms with Gasteiger partial charge in [0.1, 0.15) is 0 Å². The molecule has 0 spiro atoms. The zero-order chi connectivity index (χ0) is 20.8. The van der Waals surface area contributed by atoms with Gasteiger partial charge in [-0.15, -0.1) is 0 Å². The highest BCUT2D eigenvalue weighted by Crippen LogP contribution is 2.19. The molecule has 30 heavy (non-hydrogen) atoms. The number of hydrogen-bond acceptors (Lipinski definition) is 0. The summed E-state index contributed by atoms with van der Waals surface area (Å²) < 4.78 is 5.03. The van der Waals surface area contributed by atoms with Crippen LogP contribution in [-0.2, 0) is 38.8 Å². The molecule has 154 valence electrons. The number of nitrogens with zero attached hydrogens (tertiary/aromatic N) is 2. The number of aromatic nitrogens is 2. The van der Waals surface area contributed by atoms with Crippen molar-refractivity contribution < 1.29 is 0 Å². The minimum Gasteiger partial charge on any atom is -0.344 e. The summed E-state index contributed by atoms with van der Waals surface area (Å²) in [7, 11) is 0. The Morgan fingerprint density at radius 3 is 1.20 bits per heavy atom. The van der Waals surface area contributed by atoms with Crippen LogP contribution in [-0.4, -0.2) is 9.13 Å². The fraction of sp³-hybridized carbons (Fsp3) is 0.286. The van der Waals surface area contributed by atoms with Crippen LogP contribution >= 0.6 is 0 Å². The van der Waals surface area contributed by atoms with Crippen molar-refractivity contribution in [3.05, 3.63) is 119 Å². The molecule has 4 aromatic rings. The summed E-state index contributed by atoms with van der Waals surface area (Å²) in [6, 6.07) is 30.9. The molecule has 2 heterocycles. The van der Waals surface area contributed by atoms with Crippen LogP contribution < -0.4 is 0 Å². The van der Waals surface area contributed by atoms with Crippen molar-refractivity contribution in [2.45, 2.75) is 52.6 Å². The van der Waals surface area contributed by atoms with Crippen LogP contribution in [0.15, 0.2) is 84.9 Å². The van der Waals surface area contributed by atoms with E-state index in [0.29, 0.717) is 0 Å². The first-order chi connectivity index (χ1) is 14.8. The van der Waals surface area contributed by atoms with Crippen molar-refractivity contribution in [2.24, 2.45) is 0 Å². The van der Waals surface area contributed by atoms with E-state index in [0.717, 1.165) is 38.8 Å². The molecule has 0 atom stereocenters. The zero-order valence-electron chi connectivity index (χ0n) is 18.2. The van der Waals surface area contributed by atoms with Gasteiger partial charge in [0.05, 0.1) is 0 Å². The molecule has 2 aromatic carbocycles. The van der Waals surface area contributed by atoms with Crippen molar-refractivity contribution in [2.75, 3.05) is 0 Å². The molecular formula is C28H32N2. The lowest BCUT2D eigenvalue weighted by atomic mass is 10.1. The standard InChI is InChI=1S/C28H32N2/c1-3-25-15-17-27(29(25)21-23-11-7-5-8-12-23)19-20-28-18-16-26(4-2)30(28)22-24-13-9-6-10-14-24/h5-18H,3-4,19-22H2,1-2H3. The molecule has 4 rings (SSSR count). The summed E-state index contributed by atoms with van der Waals surface area (Å²) in [6.07, 6.45) is 4.26. The second-order valence-electron chi connectivity index (χ2n) is 7.98. The van der Waals surface area contributed by atoms with Crippen LogP contribution in [0, 0.1) is 0 Å². The Balaban J connectivity index is 1.54. The third-order valence-electron chi connectivity index (χ3n) is 6.05. The van der Waals surface area contributed by atoms with Crippen molar-refractivity contribution in [3.63, 3.8) is 0 Å². The van der Waals surface area contributed by atoms with Gasteiger partial charge >= 0.3 is 0 Å². The Hall–Kier alpha value is -3.00. The summed E-state index contributed by atoms with van der Waals surface area (Å²) in [6.45, 7) is 6.41. The average Bonchev–Trinajstić information content (AvgIpc) is 3.36. The normalized spacial score (nSPS) is 11.1. The quantitative estimate of drug-likeness (QED) is 0.314. The molecule has 0 saturated heterocycles. The SMILES string of the molecule is CCc1ccc(CCc2ccc(CC)n2Cc2ccccc2)n1Cc1ccccc1. The maximum absolute atomic E-state index is 2.51. The maximum Gasteiger partial charge on any atom is 0.0475 e. The molecule has 0 N–H and O–H groups in total. The molecule has 2 nitrogen and oxygen atoms in total. The van der Waals surface area contributed by atoms with Gasteiger partial charge in [0, 0.05) is 35.9 Å². The van der Waals surface area contributed by atoms with E-state index in [9.17, 15) is 0 Å². The van der Waals surface area contributed by atoms with Gasteiger partial charge in [0.25, 0.3) is 0 Å². The number of aryl methyl sites for hydroxylation is 4. The van der Waals surface area contributed by atoms with E-state index in [1.54, 1.807) is 0 Å². The van der Waals surface area contributed by atoms with Crippen LogP contribution in [0.25, 0.3) is 0 Å². The van der Waals surface area contributed by atoms with Crippen molar-refractivity contribution in [1.82, 2.24) is 9.13 Å². The van der Waals surface area contributed by atoms with E-state index in [1.807, 2.05) is 0 Å². The van der Waals surface area contributed by atoms with Crippen molar-refractivity contribution >= 4 is 0 Å². The summed E-state index contributed by atoms with van der Waals surface area (Å²) in [5, 5.41) is 0. The van der Waals surface area contributed by atoms with Gasteiger partial charge in [-0.2, -0.15) is 0 Å². The lowest BCUT2D eigenvalue weighted by Crippen LogP contribution is -2.11. The molecule has 2 aromatic heterocycles. The Labute approximate surface area is 180 Å². The van der Waals surface area contributed by atoms with Crippen LogP contribution in [0.2, 0.25) is 0 Å². The fourth-order valence-electron chi connectivity index (χ4n) is 4.36. The first kappa shape index (κ1) is 20.3. The average molecular weight is 397 g/mol. The molecule has 0 bridgehead atoms. The lowest BCUT2D eigenvalue weighted by molar-refractivity contribution is 0.664. The smallest absolute Gasteiger partial charge is 0.0475 e. The third kappa shape index (κ3) is 4.59. The number of benzene rings is 2. The highest BCUT2D eigenvalue weighted by Gasteiger charge is 2.11. The molecular weight excluding hydrogens is 364 g/mol. The first-order valence-corrected chi connectivity index (χ1v) is 11.2. The van der Waals surface area contributed by atoms with Crippen LogP contribution in [0.1, 0.15) is 47.8 Å². The molecule has 0 aliphatic rings. The van der Waals surface area contributed by atoms with Crippen LogP contribution in [0.4, 0.5) is 0 Å². The van der Waals surface area contributed by atoms with E-state index >= 15 is 0 Å². The molecule has 0 radical (unpaired) electrons. The Bertz CT molecular complexity index is 967. The topological polar surface area (TPSA) is 9.86 Å². The van der Waals surface area contributed by atoms with Gasteiger partial charge in [-0.25, -0.2) is 0 Å². The second kappa shape index (κ2) is 9.67. The highest BCUT2D eigenvalue weighted by atomic mass is 15.0. The van der Waals surface area contributed by atoms with Gasteiger partial charge in [-0.1, -0.05) is 74.5 Å². The van der Waals surface area contributed by atoms with E-state index in [4.69, 9.17) is 0 Å². The summed E-state index contributed by atoms with van der Waals surface area (Å²) in [5.74, 6) is 0. The molecule has 0 unspecified atom stereocenters. The molecule has 2 heteroatoms. The van der Waals surface area contributed by atoms with Crippen molar-refractivity contribution in [3.8, 4) is 0 Å². The Kier molecular flexibility index (Phi) is 6.53. The predicted octanol–water partition coefficient (Wildman–Crippen LogP) is 6.30. The van der Waals surface area contributed by atoms with E-state index in [2.05, 4.69) is 108 Å². The van der Waals surface area contributed by atoms with Gasteiger partial charge in [-0.05, 0) is 61.1 Å². The second-order valence-corrected chi connectivity index (χ2v) is 7.98. The monoisotopic (exact) mass is 396 g/mol. The van der Waals surface area contributed by atoms with Gasteiger partial charge in [0.2, 0.25) is 0 Å². The highest BCUT2D eigenvalue weighted by molar-refractivity contribution is 5.25. The fourth-order valence-corrected chi connectivity index (χ4v) is 4.36. The van der Waals surface area contributed by atoms with E-state index < -0.39 is 0 Å². The predicted molar refractivity (Wildman–Crippen MR) is 126 cm³/mol. The molecule has 0 aliphatic heterocycles. The summed E-state index contributed by atoms with van der Waals surface area (Å²) >= 11 is 0. The molecule has 0 aliphatic carbocycles. The molecule has 0 fully saturated rings. The third-order valence-corrected chi connectivity index (χ3v) is 6.05. The molecule has 0 amide bonds. The maximum atomic E-state index is 2.51.